The van der Waals surface area contributed by atoms with Crippen LogP contribution < -0.4 is 5.32 Å². The predicted molar refractivity (Wildman–Crippen MR) is 67.7 cm³/mol. The lowest BCUT2D eigenvalue weighted by Gasteiger charge is -2.37. The first-order valence-electron chi connectivity index (χ1n) is 6.71. The lowest BCUT2D eigenvalue weighted by molar-refractivity contribution is -0.120. The van der Waals surface area contributed by atoms with Gasteiger partial charge in [0.1, 0.15) is 5.82 Å². The molecule has 1 spiro atoms. The molecule has 0 saturated carbocycles. The normalized spacial score (nSPS) is 27.5. The Labute approximate surface area is 107 Å². The summed E-state index contributed by atoms with van der Waals surface area (Å²) in [6.45, 7) is 0.787. The molecule has 1 amide bonds. The summed E-state index contributed by atoms with van der Waals surface area (Å²) < 4.78 is 13.2. The van der Waals surface area contributed by atoms with Crippen molar-refractivity contribution in [2.24, 2.45) is 5.41 Å². The molecule has 2 aliphatic rings. The van der Waals surface area contributed by atoms with Gasteiger partial charge in [-0.25, -0.2) is 4.39 Å². The quantitative estimate of drug-likeness (QED) is 0.750. The molecule has 1 atom stereocenters. The van der Waals surface area contributed by atoms with Gasteiger partial charge in [-0.05, 0) is 60.8 Å². The third-order valence-corrected chi connectivity index (χ3v) is 4.52. The molecule has 1 saturated heterocycles. The Kier molecular flexibility index (Phi) is 2.84. The van der Waals surface area contributed by atoms with Gasteiger partial charge in [-0.3, -0.25) is 4.79 Å². The smallest absolute Gasteiger partial charge is 0.220 e. The van der Waals surface area contributed by atoms with Crippen LogP contribution in [-0.4, -0.2) is 12.5 Å². The highest BCUT2D eigenvalue weighted by atomic mass is 19.1. The Bertz CT molecular complexity index is 485. The zero-order chi connectivity index (χ0) is 12.6. The highest BCUT2D eigenvalue weighted by molar-refractivity contribution is 5.76. The maximum atomic E-state index is 13.2. The number of fused-ring (bicyclic) bond motifs is 1. The van der Waals surface area contributed by atoms with Gasteiger partial charge in [0.2, 0.25) is 5.91 Å². The van der Waals surface area contributed by atoms with Crippen LogP contribution in [0.25, 0.3) is 0 Å². The maximum absolute atomic E-state index is 13.2. The molecule has 0 bridgehead atoms. The number of hydrogen-bond acceptors (Lipinski definition) is 1. The van der Waals surface area contributed by atoms with Gasteiger partial charge in [0.25, 0.3) is 0 Å². The van der Waals surface area contributed by atoms with Gasteiger partial charge in [0, 0.05) is 13.0 Å². The molecule has 18 heavy (non-hydrogen) atoms. The third kappa shape index (κ3) is 2.14. The van der Waals surface area contributed by atoms with E-state index in [1.807, 2.05) is 6.07 Å². The van der Waals surface area contributed by atoms with Crippen molar-refractivity contribution in [1.82, 2.24) is 5.32 Å². The first-order valence-corrected chi connectivity index (χ1v) is 6.71. The number of benzene rings is 1. The molecule has 1 aromatic rings. The molecule has 3 rings (SSSR count). The van der Waals surface area contributed by atoms with E-state index in [2.05, 4.69) is 5.32 Å². The van der Waals surface area contributed by atoms with E-state index in [9.17, 15) is 9.18 Å². The summed E-state index contributed by atoms with van der Waals surface area (Å²) in [6.07, 6.45) is 5.68. The van der Waals surface area contributed by atoms with Crippen molar-refractivity contribution >= 4 is 5.91 Å². The Morgan fingerprint density at radius 1 is 1.11 bits per heavy atom. The molecular weight excluding hydrogens is 229 g/mol. The standard InChI is InChI=1S/C15H18FNO/c16-13-2-1-12-10-15(5-3-11(12)9-13)6-4-14(18)17-8-7-15/h1-2,9H,3-8,10H2,(H,17,18). The van der Waals surface area contributed by atoms with Crippen molar-refractivity contribution in [2.45, 2.75) is 38.5 Å². The number of hydrogen-bond donors (Lipinski definition) is 1. The van der Waals surface area contributed by atoms with E-state index in [1.54, 1.807) is 12.1 Å². The average molecular weight is 247 g/mol. The van der Waals surface area contributed by atoms with Crippen LogP contribution in [-0.2, 0) is 17.6 Å². The fourth-order valence-corrected chi connectivity index (χ4v) is 3.38. The first-order chi connectivity index (χ1) is 8.67. The minimum absolute atomic E-state index is 0.137. The van der Waals surface area contributed by atoms with Gasteiger partial charge >= 0.3 is 0 Å². The van der Waals surface area contributed by atoms with Crippen molar-refractivity contribution in [3.63, 3.8) is 0 Å². The minimum atomic E-state index is -0.137. The van der Waals surface area contributed by atoms with Crippen LogP contribution in [0.4, 0.5) is 4.39 Å². The zero-order valence-electron chi connectivity index (χ0n) is 10.5. The third-order valence-electron chi connectivity index (χ3n) is 4.52. The second kappa shape index (κ2) is 4.38. The second-order valence-electron chi connectivity index (χ2n) is 5.69. The fraction of sp³-hybridized carbons (Fsp3) is 0.533. The number of halogens is 1. The minimum Gasteiger partial charge on any atom is -0.356 e. The lowest BCUT2D eigenvalue weighted by atomic mass is 9.67. The predicted octanol–water partition coefficient (Wildman–Crippen LogP) is 2.60. The van der Waals surface area contributed by atoms with Gasteiger partial charge in [-0.1, -0.05) is 6.07 Å². The van der Waals surface area contributed by atoms with Crippen molar-refractivity contribution in [1.29, 1.82) is 0 Å². The van der Waals surface area contributed by atoms with Crippen LogP contribution in [0.2, 0.25) is 0 Å². The van der Waals surface area contributed by atoms with Gasteiger partial charge < -0.3 is 5.32 Å². The molecule has 1 unspecified atom stereocenters. The molecule has 3 heteroatoms. The number of nitrogens with one attached hydrogen (secondary N) is 1. The second-order valence-corrected chi connectivity index (χ2v) is 5.69. The van der Waals surface area contributed by atoms with Crippen molar-refractivity contribution < 1.29 is 9.18 Å². The summed E-state index contributed by atoms with van der Waals surface area (Å²) in [7, 11) is 0. The summed E-state index contributed by atoms with van der Waals surface area (Å²) in [5, 5.41) is 2.95. The molecule has 96 valence electrons. The molecule has 1 aromatic carbocycles. The Hall–Kier alpha value is -1.38. The van der Waals surface area contributed by atoms with E-state index in [-0.39, 0.29) is 17.1 Å². The van der Waals surface area contributed by atoms with Gasteiger partial charge in [0.05, 0.1) is 0 Å². The monoisotopic (exact) mass is 247 g/mol. The number of aryl methyl sites for hydroxylation is 1. The number of carbonyl (C=O) groups excluding carboxylic acids is 1. The lowest BCUT2D eigenvalue weighted by Crippen LogP contribution is -2.30. The number of rotatable bonds is 0. The van der Waals surface area contributed by atoms with Crippen molar-refractivity contribution in [3.8, 4) is 0 Å². The van der Waals surface area contributed by atoms with E-state index in [4.69, 9.17) is 0 Å². The summed E-state index contributed by atoms with van der Waals surface area (Å²) in [5.74, 6) is 0.0409. The van der Waals surface area contributed by atoms with Crippen LogP contribution in [0.5, 0.6) is 0 Å². The SMILES string of the molecule is O=C1CCC2(CCN1)CCc1cc(F)ccc1C2. The molecular formula is C15H18FNO. The summed E-state index contributed by atoms with van der Waals surface area (Å²) in [4.78, 5) is 11.4. The highest BCUT2D eigenvalue weighted by Crippen LogP contribution is 2.42. The summed E-state index contributed by atoms with van der Waals surface area (Å²) >= 11 is 0. The Morgan fingerprint density at radius 3 is 2.83 bits per heavy atom. The zero-order valence-corrected chi connectivity index (χ0v) is 10.5. The first kappa shape index (κ1) is 11.7. The molecule has 1 aliphatic carbocycles. The number of amides is 1. The van der Waals surface area contributed by atoms with Gasteiger partial charge in [-0.15, -0.1) is 0 Å². The molecule has 1 heterocycles. The molecule has 1 fully saturated rings. The van der Waals surface area contributed by atoms with E-state index >= 15 is 0 Å². The Morgan fingerprint density at radius 2 is 1.94 bits per heavy atom. The number of carbonyl (C=O) groups is 1. The van der Waals surface area contributed by atoms with Gasteiger partial charge in [0.15, 0.2) is 0 Å². The summed E-state index contributed by atoms with van der Waals surface area (Å²) in [5.41, 5.74) is 2.69. The van der Waals surface area contributed by atoms with Crippen LogP contribution in [0, 0.1) is 11.2 Å². The van der Waals surface area contributed by atoms with E-state index in [1.165, 1.54) is 5.56 Å². The highest BCUT2D eigenvalue weighted by Gasteiger charge is 2.35. The van der Waals surface area contributed by atoms with Crippen LogP contribution >= 0.6 is 0 Å². The Balaban J connectivity index is 1.85. The molecule has 2 nitrogen and oxygen atoms in total. The summed E-state index contributed by atoms with van der Waals surface area (Å²) in [6, 6.07) is 5.14. The van der Waals surface area contributed by atoms with Crippen LogP contribution in [0.1, 0.15) is 36.8 Å². The fourth-order valence-electron chi connectivity index (χ4n) is 3.38. The van der Waals surface area contributed by atoms with Crippen molar-refractivity contribution in [3.05, 3.63) is 35.1 Å². The average Bonchev–Trinajstić information content (AvgIpc) is 2.53. The molecule has 0 aromatic heterocycles. The maximum Gasteiger partial charge on any atom is 0.220 e. The van der Waals surface area contributed by atoms with Gasteiger partial charge in [-0.2, -0.15) is 0 Å². The van der Waals surface area contributed by atoms with Crippen LogP contribution in [0.15, 0.2) is 18.2 Å². The van der Waals surface area contributed by atoms with Crippen LogP contribution in [0.3, 0.4) is 0 Å². The van der Waals surface area contributed by atoms with E-state index in [0.29, 0.717) is 6.42 Å². The van der Waals surface area contributed by atoms with E-state index < -0.39 is 0 Å². The molecule has 0 radical (unpaired) electrons. The van der Waals surface area contributed by atoms with E-state index in [0.717, 1.165) is 44.2 Å². The topological polar surface area (TPSA) is 29.1 Å². The van der Waals surface area contributed by atoms with Crippen molar-refractivity contribution in [2.75, 3.05) is 6.54 Å². The molecule has 1 aliphatic heterocycles. The molecule has 1 N–H and O–H groups in total. The largest absolute Gasteiger partial charge is 0.356 e.